The Morgan fingerprint density at radius 1 is 1.12 bits per heavy atom. The standard InChI is InChI=1S/C20H24N2O2/c1-14(2)12-16-8-10-17(11-9-16)15(3)20(24)22-21-13-18-6-4-5-7-19(18)23/h4-11,13-15,23H,12H2,1-3H3,(H,22,24). The lowest BCUT2D eigenvalue weighted by Crippen LogP contribution is -2.23. The van der Waals surface area contributed by atoms with Crippen LogP contribution in [0.4, 0.5) is 0 Å². The summed E-state index contributed by atoms with van der Waals surface area (Å²) in [7, 11) is 0. The van der Waals surface area contributed by atoms with Gasteiger partial charge in [0.15, 0.2) is 0 Å². The van der Waals surface area contributed by atoms with Crippen LogP contribution < -0.4 is 5.43 Å². The van der Waals surface area contributed by atoms with E-state index in [1.807, 2.05) is 19.1 Å². The van der Waals surface area contributed by atoms with Crippen LogP contribution in [0.2, 0.25) is 0 Å². The van der Waals surface area contributed by atoms with Crippen molar-refractivity contribution in [2.45, 2.75) is 33.1 Å². The Hall–Kier alpha value is -2.62. The first-order valence-corrected chi connectivity index (χ1v) is 8.17. The second-order valence-corrected chi connectivity index (χ2v) is 6.35. The number of para-hydroxylation sites is 1. The molecule has 0 saturated heterocycles. The molecule has 0 aliphatic carbocycles. The number of rotatable bonds is 6. The highest BCUT2D eigenvalue weighted by molar-refractivity contribution is 5.87. The van der Waals surface area contributed by atoms with Crippen molar-refractivity contribution in [3.63, 3.8) is 0 Å². The fraction of sp³-hybridized carbons (Fsp3) is 0.300. The van der Waals surface area contributed by atoms with Gasteiger partial charge in [0.2, 0.25) is 5.91 Å². The molecule has 0 heterocycles. The number of phenols is 1. The number of carbonyl (C=O) groups is 1. The van der Waals surface area contributed by atoms with Gasteiger partial charge in [0, 0.05) is 5.56 Å². The van der Waals surface area contributed by atoms with Crippen LogP contribution in [0.15, 0.2) is 53.6 Å². The van der Waals surface area contributed by atoms with E-state index < -0.39 is 0 Å². The summed E-state index contributed by atoms with van der Waals surface area (Å²) in [6, 6.07) is 15.0. The maximum Gasteiger partial charge on any atom is 0.247 e. The number of hydrogen-bond acceptors (Lipinski definition) is 3. The Labute approximate surface area is 143 Å². The number of amides is 1. The molecule has 0 bridgehead atoms. The first-order valence-electron chi connectivity index (χ1n) is 8.17. The van der Waals surface area contributed by atoms with Crippen molar-refractivity contribution in [3.05, 3.63) is 65.2 Å². The van der Waals surface area contributed by atoms with Gasteiger partial charge in [-0.15, -0.1) is 0 Å². The molecule has 0 saturated carbocycles. The summed E-state index contributed by atoms with van der Waals surface area (Å²) in [5.41, 5.74) is 5.31. The minimum Gasteiger partial charge on any atom is -0.507 e. The summed E-state index contributed by atoms with van der Waals surface area (Å²) in [5, 5.41) is 13.6. The predicted molar refractivity (Wildman–Crippen MR) is 97.2 cm³/mol. The molecule has 0 aliphatic heterocycles. The van der Waals surface area contributed by atoms with Gasteiger partial charge in [-0.1, -0.05) is 50.2 Å². The van der Waals surface area contributed by atoms with Crippen LogP contribution in [-0.4, -0.2) is 17.2 Å². The molecule has 2 N–H and O–H groups in total. The Morgan fingerprint density at radius 3 is 2.42 bits per heavy atom. The zero-order chi connectivity index (χ0) is 17.5. The van der Waals surface area contributed by atoms with Crippen LogP contribution >= 0.6 is 0 Å². The Bertz CT molecular complexity index is 706. The number of nitrogens with one attached hydrogen (secondary N) is 1. The molecular weight excluding hydrogens is 300 g/mol. The van der Waals surface area contributed by atoms with Crippen LogP contribution in [0.5, 0.6) is 5.75 Å². The maximum atomic E-state index is 12.2. The summed E-state index contributed by atoms with van der Waals surface area (Å²) in [6.07, 6.45) is 2.47. The highest BCUT2D eigenvalue weighted by atomic mass is 16.3. The summed E-state index contributed by atoms with van der Waals surface area (Å²) >= 11 is 0. The van der Waals surface area contributed by atoms with Crippen LogP contribution in [-0.2, 0) is 11.2 Å². The average molecular weight is 324 g/mol. The van der Waals surface area contributed by atoms with E-state index in [1.54, 1.807) is 24.3 Å². The third kappa shape index (κ3) is 4.95. The smallest absolute Gasteiger partial charge is 0.247 e. The molecular formula is C20H24N2O2. The van der Waals surface area contributed by atoms with Gasteiger partial charge in [0.05, 0.1) is 12.1 Å². The van der Waals surface area contributed by atoms with Gasteiger partial charge in [0.1, 0.15) is 5.75 Å². The number of hydrogen-bond donors (Lipinski definition) is 2. The van der Waals surface area contributed by atoms with Gasteiger partial charge in [-0.3, -0.25) is 4.79 Å². The summed E-state index contributed by atoms with van der Waals surface area (Å²) in [5.74, 6) is 0.266. The SMILES string of the molecule is CC(C)Cc1ccc(C(C)C(=O)NN=Cc2ccccc2O)cc1. The number of hydrazone groups is 1. The van der Waals surface area contributed by atoms with E-state index in [1.165, 1.54) is 11.8 Å². The molecule has 2 aromatic rings. The van der Waals surface area contributed by atoms with Gasteiger partial charge in [-0.25, -0.2) is 5.43 Å². The van der Waals surface area contributed by atoms with E-state index in [4.69, 9.17) is 0 Å². The average Bonchev–Trinajstić information content (AvgIpc) is 2.56. The van der Waals surface area contributed by atoms with E-state index in [0.29, 0.717) is 11.5 Å². The topological polar surface area (TPSA) is 61.7 Å². The van der Waals surface area contributed by atoms with Gasteiger partial charge >= 0.3 is 0 Å². The zero-order valence-corrected chi connectivity index (χ0v) is 14.4. The maximum absolute atomic E-state index is 12.2. The first-order chi connectivity index (χ1) is 11.5. The summed E-state index contributed by atoms with van der Waals surface area (Å²) in [4.78, 5) is 12.2. The monoisotopic (exact) mass is 324 g/mol. The minimum absolute atomic E-state index is 0.129. The molecule has 2 rings (SSSR count). The molecule has 0 radical (unpaired) electrons. The van der Waals surface area contributed by atoms with Crippen LogP contribution in [0.3, 0.4) is 0 Å². The summed E-state index contributed by atoms with van der Waals surface area (Å²) in [6.45, 7) is 6.22. The fourth-order valence-electron chi connectivity index (χ4n) is 2.42. The van der Waals surface area contributed by atoms with Crippen molar-refractivity contribution >= 4 is 12.1 Å². The van der Waals surface area contributed by atoms with Crippen molar-refractivity contribution in [2.24, 2.45) is 11.0 Å². The quantitative estimate of drug-likeness (QED) is 0.626. The number of aromatic hydroxyl groups is 1. The van der Waals surface area contributed by atoms with Crippen molar-refractivity contribution in [2.75, 3.05) is 0 Å². The van der Waals surface area contributed by atoms with E-state index in [0.717, 1.165) is 12.0 Å². The van der Waals surface area contributed by atoms with Crippen LogP contribution in [0, 0.1) is 5.92 Å². The van der Waals surface area contributed by atoms with Crippen molar-refractivity contribution in [3.8, 4) is 5.75 Å². The predicted octanol–water partition coefficient (Wildman–Crippen LogP) is 3.84. The fourth-order valence-corrected chi connectivity index (χ4v) is 2.42. The largest absolute Gasteiger partial charge is 0.507 e. The molecule has 0 aliphatic rings. The zero-order valence-electron chi connectivity index (χ0n) is 14.4. The van der Waals surface area contributed by atoms with Crippen LogP contribution in [0.25, 0.3) is 0 Å². The third-order valence-electron chi connectivity index (χ3n) is 3.83. The molecule has 0 aromatic heterocycles. The molecule has 1 atom stereocenters. The Morgan fingerprint density at radius 2 is 1.79 bits per heavy atom. The summed E-state index contributed by atoms with van der Waals surface area (Å²) < 4.78 is 0. The molecule has 24 heavy (non-hydrogen) atoms. The number of phenolic OH excluding ortho intramolecular Hbond substituents is 1. The highest BCUT2D eigenvalue weighted by Gasteiger charge is 2.14. The molecule has 4 heteroatoms. The molecule has 4 nitrogen and oxygen atoms in total. The van der Waals surface area contributed by atoms with Crippen LogP contribution in [0.1, 0.15) is 43.4 Å². The second-order valence-electron chi connectivity index (χ2n) is 6.35. The normalized spacial score (nSPS) is 12.5. The van der Waals surface area contributed by atoms with Gasteiger partial charge in [0.25, 0.3) is 0 Å². The lowest BCUT2D eigenvalue weighted by atomic mass is 9.96. The molecule has 0 fully saturated rings. The molecule has 0 spiro atoms. The molecule has 126 valence electrons. The van der Waals surface area contributed by atoms with E-state index in [9.17, 15) is 9.90 Å². The van der Waals surface area contributed by atoms with Gasteiger partial charge < -0.3 is 5.11 Å². The first kappa shape index (κ1) is 17.7. The van der Waals surface area contributed by atoms with E-state index >= 15 is 0 Å². The molecule has 1 unspecified atom stereocenters. The van der Waals surface area contributed by atoms with Crippen molar-refractivity contribution < 1.29 is 9.90 Å². The highest BCUT2D eigenvalue weighted by Crippen LogP contribution is 2.18. The van der Waals surface area contributed by atoms with Crippen molar-refractivity contribution in [1.82, 2.24) is 5.43 Å². The lowest BCUT2D eigenvalue weighted by molar-refractivity contribution is -0.122. The van der Waals surface area contributed by atoms with Crippen molar-refractivity contribution in [1.29, 1.82) is 0 Å². The Balaban J connectivity index is 1.95. The second kappa shape index (κ2) is 8.29. The third-order valence-corrected chi connectivity index (χ3v) is 3.83. The number of nitrogens with zero attached hydrogens (tertiary/aromatic N) is 1. The van der Waals surface area contributed by atoms with E-state index in [2.05, 4.69) is 36.5 Å². The van der Waals surface area contributed by atoms with Gasteiger partial charge in [-0.05, 0) is 42.5 Å². The minimum atomic E-state index is -0.292. The van der Waals surface area contributed by atoms with E-state index in [-0.39, 0.29) is 17.6 Å². The molecule has 1 amide bonds. The number of benzene rings is 2. The number of carbonyl (C=O) groups excluding carboxylic acids is 1. The molecule has 2 aromatic carbocycles. The van der Waals surface area contributed by atoms with Gasteiger partial charge in [-0.2, -0.15) is 5.10 Å². The lowest BCUT2D eigenvalue weighted by Gasteiger charge is -2.11. The Kier molecular flexibility index (Phi) is 6.13.